The van der Waals surface area contributed by atoms with Crippen LogP contribution in [0, 0.1) is 0 Å². The van der Waals surface area contributed by atoms with Crippen molar-refractivity contribution in [3.05, 3.63) is 0 Å². The van der Waals surface area contributed by atoms with E-state index in [-0.39, 0.29) is 18.2 Å². The third-order valence-electron chi connectivity index (χ3n) is 2.09. The van der Waals surface area contributed by atoms with E-state index in [9.17, 15) is 14.4 Å². The summed E-state index contributed by atoms with van der Waals surface area (Å²) in [6.45, 7) is 0. The number of amides is 2. The van der Waals surface area contributed by atoms with Gasteiger partial charge in [0.05, 0.1) is 6.42 Å². The number of hydrogen-bond acceptors (Lipinski definition) is 3. The van der Waals surface area contributed by atoms with Crippen LogP contribution >= 0.6 is 0 Å². The maximum Gasteiger partial charge on any atom is 0.347 e. The summed E-state index contributed by atoms with van der Waals surface area (Å²) >= 11 is 0. The molecule has 2 aliphatic rings. The van der Waals surface area contributed by atoms with E-state index < -0.39 is 18.2 Å². The summed E-state index contributed by atoms with van der Waals surface area (Å²) in [5.74, 6) is -1.85. The van der Waals surface area contributed by atoms with Gasteiger partial charge in [-0.25, -0.2) is 4.79 Å². The molecule has 2 amide bonds. The van der Waals surface area contributed by atoms with Gasteiger partial charge in [0.25, 0.3) is 0 Å². The van der Waals surface area contributed by atoms with Crippen LogP contribution in [-0.2, 0) is 14.4 Å². The molecule has 0 spiro atoms. The van der Waals surface area contributed by atoms with Crippen LogP contribution in [0.15, 0.2) is 0 Å². The Kier molecular flexibility index (Phi) is 1.16. The number of rotatable bonds is 1. The third kappa shape index (κ3) is 0.662. The average molecular weight is 170 g/mol. The minimum absolute atomic E-state index is 0.135. The third-order valence-corrected chi connectivity index (χ3v) is 2.09. The van der Waals surface area contributed by atoms with E-state index in [1.807, 2.05) is 0 Å². The van der Waals surface area contributed by atoms with Crippen LogP contribution in [0.4, 0.5) is 0 Å². The largest absolute Gasteiger partial charge is 0.478 e. The molecule has 0 aromatic heterocycles. The van der Waals surface area contributed by atoms with Crippen LogP contribution in [0.1, 0.15) is 6.42 Å². The molecule has 0 saturated carbocycles. The Labute approximate surface area is 67.1 Å². The maximum atomic E-state index is 10.9. The van der Waals surface area contributed by atoms with Gasteiger partial charge >= 0.3 is 5.97 Å². The summed E-state index contributed by atoms with van der Waals surface area (Å²) in [7, 11) is 0. The fourth-order valence-electron chi connectivity index (χ4n) is 1.45. The van der Waals surface area contributed by atoms with Crippen LogP contribution in [0.5, 0.6) is 0 Å². The highest BCUT2D eigenvalue weighted by atomic mass is 16.4. The normalized spacial score (nSPS) is 32.5. The Morgan fingerprint density at radius 1 is 1.58 bits per heavy atom. The molecule has 2 rings (SSSR count). The standard InChI is InChI=1S/C6H6N2O4/c9-3-1-2-5(10)7-4(6(11)12)8(2)3/h2,4H,1H2,(H,7,10)(H,11,12)/t2-,4-/m1/s1. The van der Waals surface area contributed by atoms with Crippen molar-refractivity contribution in [1.82, 2.24) is 10.2 Å². The van der Waals surface area contributed by atoms with Gasteiger partial charge in [-0.2, -0.15) is 0 Å². The van der Waals surface area contributed by atoms with Gasteiger partial charge in [-0.3, -0.25) is 14.5 Å². The molecule has 0 aromatic carbocycles. The Hall–Kier alpha value is -1.59. The number of carbonyl (C=O) groups excluding carboxylic acids is 2. The van der Waals surface area contributed by atoms with E-state index in [4.69, 9.17) is 5.11 Å². The first kappa shape index (κ1) is 7.08. The molecule has 64 valence electrons. The molecule has 6 nitrogen and oxygen atoms in total. The topological polar surface area (TPSA) is 86.7 Å². The number of hydrogen-bond donors (Lipinski definition) is 2. The summed E-state index contributed by atoms with van der Waals surface area (Å²) in [5, 5.41) is 10.8. The maximum absolute atomic E-state index is 10.9. The van der Waals surface area contributed by atoms with E-state index in [2.05, 4.69) is 5.32 Å². The lowest BCUT2D eigenvalue weighted by atomic mass is 10.0. The summed E-state index contributed by atoms with van der Waals surface area (Å²) in [6, 6.07) is -0.543. The minimum Gasteiger partial charge on any atom is -0.478 e. The Balaban J connectivity index is 2.24. The van der Waals surface area contributed by atoms with Gasteiger partial charge in [0, 0.05) is 0 Å². The van der Waals surface area contributed by atoms with Crippen molar-refractivity contribution in [2.24, 2.45) is 0 Å². The highest BCUT2D eigenvalue weighted by molar-refractivity contribution is 6.04. The number of fused-ring (bicyclic) bond motifs is 1. The van der Waals surface area contributed by atoms with Crippen molar-refractivity contribution in [1.29, 1.82) is 0 Å². The van der Waals surface area contributed by atoms with Crippen LogP contribution < -0.4 is 5.32 Å². The Morgan fingerprint density at radius 3 is 2.67 bits per heavy atom. The fourth-order valence-corrected chi connectivity index (χ4v) is 1.45. The molecule has 12 heavy (non-hydrogen) atoms. The second-order valence-corrected chi connectivity index (χ2v) is 2.77. The van der Waals surface area contributed by atoms with Gasteiger partial charge in [-0.15, -0.1) is 0 Å². The highest BCUT2D eigenvalue weighted by Gasteiger charge is 2.53. The first-order chi connectivity index (χ1) is 5.61. The van der Waals surface area contributed by atoms with Crippen molar-refractivity contribution >= 4 is 17.8 Å². The zero-order chi connectivity index (χ0) is 8.88. The number of nitrogens with zero attached hydrogens (tertiary/aromatic N) is 1. The molecular weight excluding hydrogens is 164 g/mol. The number of nitrogens with one attached hydrogen (secondary N) is 1. The number of carboxylic acid groups (broad SMARTS) is 1. The Morgan fingerprint density at radius 2 is 2.25 bits per heavy atom. The average Bonchev–Trinajstić information content (AvgIpc) is 2.22. The lowest BCUT2D eigenvalue weighted by molar-refractivity contribution is -0.157. The number of β-lactam (4-membered cyclic amide) rings is 1. The lowest BCUT2D eigenvalue weighted by Crippen LogP contribution is -2.56. The summed E-state index contributed by atoms with van der Waals surface area (Å²) in [6.07, 6.45) is -1.01. The predicted octanol–water partition coefficient (Wildman–Crippen LogP) is -1.87. The molecule has 2 heterocycles. The van der Waals surface area contributed by atoms with Crippen molar-refractivity contribution < 1.29 is 19.5 Å². The highest BCUT2D eigenvalue weighted by Crippen LogP contribution is 2.26. The number of carbonyl (C=O) groups is 3. The minimum atomic E-state index is -1.20. The summed E-state index contributed by atoms with van der Waals surface area (Å²) in [4.78, 5) is 33.3. The van der Waals surface area contributed by atoms with E-state index in [0.29, 0.717) is 0 Å². The quantitative estimate of drug-likeness (QED) is 0.451. The van der Waals surface area contributed by atoms with Crippen LogP contribution in [0.3, 0.4) is 0 Å². The molecule has 0 aliphatic carbocycles. The molecule has 0 bridgehead atoms. The summed E-state index contributed by atoms with van der Waals surface area (Å²) in [5.41, 5.74) is 0. The monoisotopic (exact) mass is 170 g/mol. The lowest BCUT2D eigenvalue weighted by Gasteiger charge is -2.33. The van der Waals surface area contributed by atoms with Crippen LogP contribution in [0.25, 0.3) is 0 Å². The molecule has 6 heteroatoms. The van der Waals surface area contributed by atoms with Gasteiger partial charge in [0.2, 0.25) is 18.0 Å². The number of aliphatic carboxylic acids is 1. The zero-order valence-electron chi connectivity index (χ0n) is 5.98. The van der Waals surface area contributed by atoms with Gasteiger partial charge in [-0.1, -0.05) is 0 Å². The Bertz CT molecular complexity index is 279. The van der Waals surface area contributed by atoms with Gasteiger partial charge in [-0.05, 0) is 0 Å². The predicted molar refractivity (Wildman–Crippen MR) is 34.8 cm³/mol. The molecule has 2 N–H and O–H groups in total. The first-order valence-corrected chi connectivity index (χ1v) is 3.45. The van der Waals surface area contributed by atoms with Crippen LogP contribution in [0.2, 0.25) is 0 Å². The fraction of sp³-hybridized carbons (Fsp3) is 0.500. The first-order valence-electron chi connectivity index (χ1n) is 3.45. The van der Waals surface area contributed by atoms with Gasteiger partial charge in [0.15, 0.2) is 0 Å². The molecule has 2 aliphatic heterocycles. The molecule has 0 radical (unpaired) electrons. The molecule has 2 fully saturated rings. The van der Waals surface area contributed by atoms with Gasteiger partial charge < -0.3 is 10.4 Å². The second kappa shape index (κ2) is 1.96. The van der Waals surface area contributed by atoms with Crippen molar-refractivity contribution in [2.75, 3.05) is 0 Å². The van der Waals surface area contributed by atoms with E-state index in [1.165, 1.54) is 0 Å². The molecule has 0 aromatic rings. The van der Waals surface area contributed by atoms with Gasteiger partial charge in [0.1, 0.15) is 6.04 Å². The smallest absolute Gasteiger partial charge is 0.347 e. The van der Waals surface area contributed by atoms with Crippen molar-refractivity contribution in [3.63, 3.8) is 0 Å². The summed E-state index contributed by atoms with van der Waals surface area (Å²) < 4.78 is 0. The molecular formula is C6H6N2O4. The zero-order valence-corrected chi connectivity index (χ0v) is 5.98. The van der Waals surface area contributed by atoms with E-state index >= 15 is 0 Å². The van der Waals surface area contributed by atoms with Crippen molar-refractivity contribution in [3.8, 4) is 0 Å². The van der Waals surface area contributed by atoms with Crippen molar-refractivity contribution in [2.45, 2.75) is 18.6 Å². The van der Waals surface area contributed by atoms with E-state index in [1.54, 1.807) is 0 Å². The number of carboxylic acids is 1. The SMILES string of the molecule is O=C1N[C@@H](C(=O)O)N2C(=O)C[C@H]12. The molecule has 2 atom stereocenters. The van der Waals surface area contributed by atoms with Crippen LogP contribution in [-0.4, -0.2) is 40.0 Å². The molecule has 2 saturated heterocycles. The second-order valence-electron chi connectivity index (χ2n) is 2.77. The molecule has 0 unspecified atom stereocenters. The van der Waals surface area contributed by atoms with E-state index in [0.717, 1.165) is 4.90 Å².